The number of carbonyl (C=O) groups excluding carboxylic acids is 1. The number of aliphatic hydroxyl groups is 1. The largest absolute Gasteiger partial charge is 0.395 e. The smallest absolute Gasteiger partial charge is 0.274 e. The van der Waals surface area contributed by atoms with Crippen LogP contribution in [-0.4, -0.2) is 45.3 Å². The highest BCUT2D eigenvalue weighted by Gasteiger charge is 2.27. The van der Waals surface area contributed by atoms with E-state index in [0.717, 1.165) is 25.7 Å². The summed E-state index contributed by atoms with van der Waals surface area (Å²) in [5, 5.41) is 16.8. The molecule has 0 aromatic carbocycles. The number of halogens is 1. The third kappa shape index (κ3) is 2.97. The van der Waals surface area contributed by atoms with E-state index < -0.39 is 0 Å². The molecule has 1 aliphatic carbocycles. The summed E-state index contributed by atoms with van der Waals surface area (Å²) < 4.78 is 0. The van der Waals surface area contributed by atoms with Crippen LogP contribution < -0.4 is 0 Å². The van der Waals surface area contributed by atoms with Gasteiger partial charge < -0.3 is 10.0 Å². The zero-order valence-electron chi connectivity index (χ0n) is 10.0. The molecule has 0 saturated heterocycles. The standard InChI is InChI=1S/C12H16ClN3O2/c13-11-6-5-10(14-15-11)12(18)16(7-8-17)9-3-1-2-4-9/h5-6,9,17H,1-4,7-8H2. The number of hydrogen-bond donors (Lipinski definition) is 1. The van der Waals surface area contributed by atoms with Crippen molar-refractivity contribution in [1.82, 2.24) is 15.1 Å². The number of amides is 1. The van der Waals surface area contributed by atoms with Gasteiger partial charge in [0.1, 0.15) is 0 Å². The van der Waals surface area contributed by atoms with Gasteiger partial charge in [-0.1, -0.05) is 24.4 Å². The van der Waals surface area contributed by atoms with E-state index in [2.05, 4.69) is 10.2 Å². The van der Waals surface area contributed by atoms with Gasteiger partial charge in [-0.05, 0) is 25.0 Å². The molecule has 0 aliphatic heterocycles. The highest BCUT2D eigenvalue weighted by Crippen LogP contribution is 2.24. The molecule has 0 spiro atoms. The lowest BCUT2D eigenvalue weighted by Gasteiger charge is -2.27. The summed E-state index contributed by atoms with van der Waals surface area (Å²) in [5.41, 5.74) is 0.278. The summed E-state index contributed by atoms with van der Waals surface area (Å²) >= 11 is 5.65. The van der Waals surface area contributed by atoms with Crippen LogP contribution in [0.4, 0.5) is 0 Å². The Morgan fingerprint density at radius 2 is 2.11 bits per heavy atom. The topological polar surface area (TPSA) is 66.3 Å². The summed E-state index contributed by atoms with van der Waals surface area (Å²) in [7, 11) is 0. The van der Waals surface area contributed by atoms with E-state index in [1.807, 2.05) is 0 Å². The van der Waals surface area contributed by atoms with E-state index in [9.17, 15) is 4.79 Å². The van der Waals surface area contributed by atoms with Crippen molar-refractivity contribution in [3.8, 4) is 0 Å². The molecule has 1 saturated carbocycles. The average Bonchev–Trinajstić information content (AvgIpc) is 2.90. The van der Waals surface area contributed by atoms with Crippen LogP contribution in [0.1, 0.15) is 36.2 Å². The molecule has 0 atom stereocenters. The zero-order valence-corrected chi connectivity index (χ0v) is 10.8. The van der Waals surface area contributed by atoms with Gasteiger partial charge in [0.2, 0.25) is 0 Å². The average molecular weight is 270 g/mol. The fourth-order valence-corrected chi connectivity index (χ4v) is 2.45. The Hall–Kier alpha value is -1.20. The highest BCUT2D eigenvalue weighted by atomic mass is 35.5. The molecule has 1 aliphatic rings. The fourth-order valence-electron chi connectivity index (χ4n) is 2.35. The maximum absolute atomic E-state index is 12.3. The molecule has 0 bridgehead atoms. The van der Waals surface area contributed by atoms with E-state index in [1.165, 1.54) is 0 Å². The Kier molecular flexibility index (Phi) is 4.49. The van der Waals surface area contributed by atoms with Crippen molar-refractivity contribution in [1.29, 1.82) is 0 Å². The normalized spacial score (nSPS) is 15.9. The number of nitrogens with zero attached hydrogens (tertiary/aromatic N) is 3. The van der Waals surface area contributed by atoms with Crippen LogP contribution in [-0.2, 0) is 0 Å². The van der Waals surface area contributed by atoms with Crippen molar-refractivity contribution in [2.45, 2.75) is 31.7 Å². The van der Waals surface area contributed by atoms with Crippen molar-refractivity contribution in [2.24, 2.45) is 0 Å². The van der Waals surface area contributed by atoms with E-state index in [0.29, 0.717) is 6.54 Å². The van der Waals surface area contributed by atoms with Crippen molar-refractivity contribution in [2.75, 3.05) is 13.2 Å². The molecule has 1 N–H and O–H groups in total. The number of rotatable bonds is 4. The summed E-state index contributed by atoms with van der Waals surface area (Å²) in [6.45, 7) is 0.303. The summed E-state index contributed by atoms with van der Waals surface area (Å²) in [6, 6.07) is 3.33. The molecule has 0 radical (unpaired) electrons. The predicted molar refractivity (Wildman–Crippen MR) is 67.4 cm³/mol. The molecule has 0 unspecified atom stereocenters. The number of hydrogen-bond acceptors (Lipinski definition) is 4. The van der Waals surface area contributed by atoms with Gasteiger partial charge in [0.15, 0.2) is 10.8 Å². The van der Waals surface area contributed by atoms with Crippen LogP contribution in [0.5, 0.6) is 0 Å². The second-order valence-electron chi connectivity index (χ2n) is 4.40. The quantitative estimate of drug-likeness (QED) is 0.900. The summed E-state index contributed by atoms with van der Waals surface area (Å²) in [5.74, 6) is -0.180. The minimum atomic E-state index is -0.180. The van der Waals surface area contributed by atoms with Crippen LogP contribution >= 0.6 is 11.6 Å². The highest BCUT2D eigenvalue weighted by molar-refractivity contribution is 6.29. The molecule has 1 aromatic heterocycles. The van der Waals surface area contributed by atoms with Crippen LogP contribution in [0.3, 0.4) is 0 Å². The van der Waals surface area contributed by atoms with Gasteiger partial charge in [-0.15, -0.1) is 10.2 Å². The molecular weight excluding hydrogens is 254 g/mol. The van der Waals surface area contributed by atoms with Crippen molar-refractivity contribution >= 4 is 17.5 Å². The maximum Gasteiger partial charge on any atom is 0.274 e. The molecule has 5 nitrogen and oxygen atoms in total. The van der Waals surface area contributed by atoms with E-state index >= 15 is 0 Å². The van der Waals surface area contributed by atoms with Gasteiger partial charge in [0.05, 0.1) is 6.61 Å². The monoisotopic (exact) mass is 269 g/mol. The van der Waals surface area contributed by atoms with E-state index in [4.69, 9.17) is 16.7 Å². The van der Waals surface area contributed by atoms with Gasteiger partial charge >= 0.3 is 0 Å². The molecule has 18 heavy (non-hydrogen) atoms. The van der Waals surface area contributed by atoms with Crippen LogP contribution in [0, 0.1) is 0 Å². The van der Waals surface area contributed by atoms with Gasteiger partial charge in [-0.3, -0.25) is 4.79 Å². The molecule has 6 heteroatoms. The second kappa shape index (κ2) is 6.11. The van der Waals surface area contributed by atoms with Crippen LogP contribution in [0.25, 0.3) is 0 Å². The third-order valence-corrected chi connectivity index (χ3v) is 3.42. The van der Waals surface area contributed by atoms with Gasteiger partial charge in [0.25, 0.3) is 5.91 Å². The summed E-state index contributed by atoms with van der Waals surface area (Å²) in [4.78, 5) is 14.0. The fraction of sp³-hybridized carbons (Fsp3) is 0.583. The number of aliphatic hydroxyl groups excluding tert-OH is 1. The first-order chi connectivity index (χ1) is 8.72. The molecule has 1 fully saturated rings. The molecule has 98 valence electrons. The Balaban J connectivity index is 2.14. The van der Waals surface area contributed by atoms with Crippen LogP contribution in [0.15, 0.2) is 12.1 Å². The lowest BCUT2D eigenvalue weighted by molar-refractivity contribution is 0.0631. The molecular formula is C12H16ClN3O2. The maximum atomic E-state index is 12.3. The summed E-state index contributed by atoms with van der Waals surface area (Å²) in [6.07, 6.45) is 4.25. The van der Waals surface area contributed by atoms with Gasteiger partial charge in [-0.2, -0.15) is 0 Å². The lowest BCUT2D eigenvalue weighted by atomic mass is 10.2. The SMILES string of the molecule is O=C(c1ccc(Cl)nn1)N(CCO)C1CCCC1. The first kappa shape index (κ1) is 13.2. The van der Waals surface area contributed by atoms with Crippen molar-refractivity contribution < 1.29 is 9.90 Å². The van der Waals surface area contributed by atoms with E-state index in [1.54, 1.807) is 17.0 Å². The first-order valence-corrected chi connectivity index (χ1v) is 6.51. The Bertz CT molecular complexity index is 404. The molecule has 1 amide bonds. The van der Waals surface area contributed by atoms with E-state index in [-0.39, 0.29) is 29.4 Å². The first-order valence-electron chi connectivity index (χ1n) is 6.13. The zero-order chi connectivity index (χ0) is 13.0. The lowest BCUT2D eigenvalue weighted by Crippen LogP contribution is -2.41. The molecule has 2 rings (SSSR count). The third-order valence-electron chi connectivity index (χ3n) is 3.22. The minimum Gasteiger partial charge on any atom is -0.395 e. The Morgan fingerprint density at radius 1 is 1.39 bits per heavy atom. The minimum absolute atomic E-state index is 0.0384. The second-order valence-corrected chi connectivity index (χ2v) is 4.79. The number of carbonyl (C=O) groups is 1. The van der Waals surface area contributed by atoms with Gasteiger partial charge in [-0.25, -0.2) is 0 Å². The van der Waals surface area contributed by atoms with Crippen molar-refractivity contribution in [3.63, 3.8) is 0 Å². The molecule has 1 heterocycles. The van der Waals surface area contributed by atoms with Gasteiger partial charge in [0, 0.05) is 12.6 Å². The predicted octanol–water partition coefficient (Wildman–Crippen LogP) is 1.51. The number of aromatic nitrogens is 2. The molecule has 1 aromatic rings. The van der Waals surface area contributed by atoms with Crippen molar-refractivity contribution in [3.05, 3.63) is 23.0 Å². The Labute approximate surface area is 111 Å². The van der Waals surface area contributed by atoms with Crippen LogP contribution in [0.2, 0.25) is 5.15 Å². The Morgan fingerprint density at radius 3 is 2.67 bits per heavy atom.